The number of carboxylic acid groups (broad SMARTS) is 1. The molecule has 0 aliphatic carbocycles. The van der Waals surface area contributed by atoms with Crippen molar-refractivity contribution < 1.29 is 19.4 Å². The predicted octanol–water partition coefficient (Wildman–Crippen LogP) is 13.7. The molecule has 0 aromatic carbocycles. The molecule has 44 heavy (non-hydrogen) atoms. The number of rotatable bonds is 37. The number of carbonyl (C=O) groups is 2. The molecule has 0 aromatic heterocycles. The van der Waals surface area contributed by atoms with Gasteiger partial charge in [0.15, 0.2) is 0 Å². The lowest BCUT2D eigenvalue weighted by atomic mass is 10.0. The maximum absolute atomic E-state index is 12.6. The van der Waals surface area contributed by atoms with Crippen LogP contribution in [0.25, 0.3) is 0 Å². The second-order valence-electron chi connectivity index (χ2n) is 13.8. The first-order valence-corrected chi connectivity index (χ1v) is 20.0. The minimum absolute atomic E-state index is 0.0104. The van der Waals surface area contributed by atoms with Gasteiger partial charge in [0.05, 0.1) is 0 Å². The summed E-state index contributed by atoms with van der Waals surface area (Å²) in [6.07, 6.45) is 42.6. The predicted molar refractivity (Wildman–Crippen MR) is 190 cm³/mol. The first kappa shape index (κ1) is 42.9. The Hall–Kier alpha value is -1.06. The molecule has 0 bridgehead atoms. The molecule has 1 N–H and O–H groups in total. The Balaban J connectivity index is 3.90. The summed E-state index contributed by atoms with van der Waals surface area (Å²) in [5.74, 6) is -0.742. The van der Waals surface area contributed by atoms with Crippen molar-refractivity contribution >= 4 is 11.9 Å². The summed E-state index contributed by atoms with van der Waals surface area (Å²) in [5, 5.41) is 8.89. The minimum atomic E-state index is -0.719. The second-order valence-corrected chi connectivity index (χ2v) is 13.8. The molecule has 4 nitrogen and oxygen atoms in total. The van der Waals surface area contributed by atoms with Gasteiger partial charge in [-0.3, -0.25) is 9.59 Å². The van der Waals surface area contributed by atoms with Crippen LogP contribution in [0.5, 0.6) is 0 Å². The van der Waals surface area contributed by atoms with Crippen LogP contribution in [0.4, 0.5) is 0 Å². The van der Waals surface area contributed by atoms with Crippen LogP contribution in [0, 0.1) is 0 Å². The normalized spacial score (nSPS) is 12.0. The molecule has 0 rings (SSSR count). The highest BCUT2D eigenvalue weighted by atomic mass is 16.5. The number of ether oxygens (including phenoxy) is 1. The monoisotopic (exact) mass is 623 g/mol. The van der Waals surface area contributed by atoms with Crippen molar-refractivity contribution in [1.82, 2.24) is 0 Å². The highest BCUT2D eigenvalue weighted by Crippen LogP contribution is 2.19. The van der Waals surface area contributed by atoms with E-state index in [0.717, 1.165) is 44.9 Å². The molecule has 0 heterocycles. The Bertz CT molecular complexity index is 590. The number of aliphatic carboxylic acids is 1. The van der Waals surface area contributed by atoms with E-state index in [1.165, 1.54) is 161 Å². The van der Waals surface area contributed by atoms with Gasteiger partial charge in [0.1, 0.15) is 6.10 Å². The zero-order valence-electron chi connectivity index (χ0n) is 30.0. The van der Waals surface area contributed by atoms with E-state index in [9.17, 15) is 9.59 Å². The fraction of sp³-hybridized carbons (Fsp3) is 0.950. The Morgan fingerprint density at radius 1 is 0.409 bits per heavy atom. The minimum Gasteiger partial charge on any atom is -0.481 e. The van der Waals surface area contributed by atoms with E-state index in [0.29, 0.717) is 12.8 Å². The van der Waals surface area contributed by atoms with Gasteiger partial charge in [-0.15, -0.1) is 0 Å². The molecule has 1 atom stereocenters. The van der Waals surface area contributed by atoms with Gasteiger partial charge in [0.2, 0.25) is 0 Å². The summed E-state index contributed by atoms with van der Waals surface area (Å²) in [7, 11) is 0. The van der Waals surface area contributed by atoms with Crippen LogP contribution in [-0.4, -0.2) is 23.1 Å². The van der Waals surface area contributed by atoms with Gasteiger partial charge in [-0.1, -0.05) is 187 Å². The van der Waals surface area contributed by atoms with E-state index in [2.05, 4.69) is 13.8 Å². The van der Waals surface area contributed by atoms with E-state index in [4.69, 9.17) is 9.84 Å². The van der Waals surface area contributed by atoms with E-state index in [1.807, 2.05) is 0 Å². The first-order valence-electron chi connectivity index (χ1n) is 20.0. The van der Waals surface area contributed by atoms with Crippen molar-refractivity contribution in [2.24, 2.45) is 0 Å². The molecule has 0 spiro atoms. The fourth-order valence-corrected chi connectivity index (χ4v) is 6.36. The maximum Gasteiger partial charge on any atom is 0.306 e. The highest BCUT2D eigenvalue weighted by molar-refractivity contribution is 5.69. The largest absolute Gasteiger partial charge is 0.481 e. The zero-order chi connectivity index (χ0) is 32.2. The Morgan fingerprint density at radius 2 is 0.682 bits per heavy atom. The number of unbranched alkanes of at least 4 members (excludes halogenated alkanes) is 28. The highest BCUT2D eigenvalue weighted by Gasteiger charge is 2.14. The molecule has 0 saturated heterocycles. The third kappa shape index (κ3) is 35.4. The molecule has 0 aromatic rings. The van der Waals surface area contributed by atoms with Crippen molar-refractivity contribution in [1.29, 1.82) is 0 Å². The fourth-order valence-electron chi connectivity index (χ4n) is 6.36. The van der Waals surface area contributed by atoms with Gasteiger partial charge in [-0.2, -0.15) is 0 Å². The molecule has 262 valence electrons. The molecule has 0 aliphatic heterocycles. The standard InChI is InChI=1S/C40H78O4/c1-3-5-7-9-11-13-15-17-18-20-21-23-25-27-30-34-38(35-31-29-32-36-39(41)42)44-40(43)37-33-28-26-24-22-19-16-14-12-10-8-6-4-2/h38H,3-37H2,1-2H3,(H,41,42). The SMILES string of the molecule is CCCCCCCCCCCCCCCCCC(CCCCCC(=O)O)OC(=O)CCCCCCCCCCCCCCC. The smallest absolute Gasteiger partial charge is 0.306 e. The van der Waals surface area contributed by atoms with Crippen LogP contribution in [0.2, 0.25) is 0 Å². The maximum atomic E-state index is 12.6. The lowest BCUT2D eigenvalue weighted by molar-refractivity contribution is -0.150. The number of hydrogen-bond donors (Lipinski definition) is 1. The third-order valence-electron chi connectivity index (χ3n) is 9.33. The van der Waals surface area contributed by atoms with Crippen LogP contribution in [-0.2, 0) is 14.3 Å². The Labute approximate surface area is 275 Å². The lowest BCUT2D eigenvalue weighted by Gasteiger charge is -2.18. The molecular weight excluding hydrogens is 544 g/mol. The molecular formula is C40H78O4. The van der Waals surface area contributed by atoms with Crippen molar-refractivity contribution in [3.05, 3.63) is 0 Å². The van der Waals surface area contributed by atoms with Crippen molar-refractivity contribution in [3.8, 4) is 0 Å². The molecule has 0 radical (unpaired) electrons. The van der Waals surface area contributed by atoms with Crippen LogP contribution in [0.1, 0.15) is 239 Å². The van der Waals surface area contributed by atoms with Gasteiger partial charge in [-0.05, 0) is 38.5 Å². The van der Waals surface area contributed by atoms with Crippen LogP contribution in [0.3, 0.4) is 0 Å². The van der Waals surface area contributed by atoms with Crippen LogP contribution in [0.15, 0.2) is 0 Å². The van der Waals surface area contributed by atoms with E-state index < -0.39 is 5.97 Å². The number of esters is 1. The molecule has 4 heteroatoms. The number of carboxylic acids is 1. The van der Waals surface area contributed by atoms with Gasteiger partial charge in [-0.25, -0.2) is 0 Å². The van der Waals surface area contributed by atoms with Gasteiger partial charge in [0.25, 0.3) is 0 Å². The first-order chi connectivity index (χ1) is 21.6. The van der Waals surface area contributed by atoms with Gasteiger partial charge < -0.3 is 9.84 Å². The average molecular weight is 623 g/mol. The second kappa shape index (κ2) is 36.4. The Kier molecular flexibility index (Phi) is 35.5. The summed E-state index contributed by atoms with van der Waals surface area (Å²) in [6.45, 7) is 4.56. The third-order valence-corrected chi connectivity index (χ3v) is 9.33. The van der Waals surface area contributed by atoms with Crippen LogP contribution >= 0.6 is 0 Å². The molecule has 0 fully saturated rings. The zero-order valence-corrected chi connectivity index (χ0v) is 30.0. The molecule has 0 amide bonds. The molecule has 0 aliphatic rings. The van der Waals surface area contributed by atoms with Crippen molar-refractivity contribution in [2.45, 2.75) is 245 Å². The number of hydrogen-bond acceptors (Lipinski definition) is 3. The quantitative estimate of drug-likeness (QED) is 0.0553. The van der Waals surface area contributed by atoms with E-state index in [-0.39, 0.29) is 18.5 Å². The van der Waals surface area contributed by atoms with Gasteiger partial charge in [0, 0.05) is 12.8 Å². The molecule has 0 saturated carbocycles. The Morgan fingerprint density at radius 3 is 1.02 bits per heavy atom. The van der Waals surface area contributed by atoms with Crippen molar-refractivity contribution in [3.63, 3.8) is 0 Å². The van der Waals surface area contributed by atoms with E-state index in [1.54, 1.807) is 0 Å². The summed E-state index contributed by atoms with van der Waals surface area (Å²) in [6, 6.07) is 0. The lowest BCUT2D eigenvalue weighted by Crippen LogP contribution is -2.18. The summed E-state index contributed by atoms with van der Waals surface area (Å²) in [4.78, 5) is 23.4. The van der Waals surface area contributed by atoms with Crippen LogP contribution < -0.4 is 0 Å². The average Bonchev–Trinajstić information content (AvgIpc) is 3.00. The summed E-state index contributed by atoms with van der Waals surface area (Å²) >= 11 is 0. The topological polar surface area (TPSA) is 63.6 Å². The molecule has 1 unspecified atom stereocenters. The summed E-state index contributed by atoms with van der Waals surface area (Å²) in [5.41, 5.74) is 0. The van der Waals surface area contributed by atoms with Crippen molar-refractivity contribution in [2.75, 3.05) is 0 Å². The van der Waals surface area contributed by atoms with Gasteiger partial charge >= 0.3 is 11.9 Å². The number of carbonyl (C=O) groups excluding carboxylic acids is 1. The van der Waals surface area contributed by atoms with E-state index >= 15 is 0 Å². The summed E-state index contributed by atoms with van der Waals surface area (Å²) < 4.78 is 5.95.